The van der Waals surface area contributed by atoms with Gasteiger partial charge in [0.2, 0.25) is 0 Å². The average molecular weight is 414 g/mol. The summed E-state index contributed by atoms with van der Waals surface area (Å²) < 4.78 is 5.07. The maximum absolute atomic E-state index is 12.4. The van der Waals surface area contributed by atoms with Crippen molar-refractivity contribution in [3.8, 4) is 0 Å². The van der Waals surface area contributed by atoms with Crippen molar-refractivity contribution < 1.29 is 19.2 Å². The maximum Gasteiger partial charge on any atom is 0.340 e. The minimum Gasteiger partial charge on any atom is -0.452 e. The van der Waals surface area contributed by atoms with Crippen LogP contribution in [0.3, 0.4) is 0 Å². The van der Waals surface area contributed by atoms with Gasteiger partial charge in [0.05, 0.1) is 21.7 Å². The smallest absolute Gasteiger partial charge is 0.340 e. The fourth-order valence-corrected chi connectivity index (χ4v) is 2.92. The van der Waals surface area contributed by atoms with Gasteiger partial charge in [0.25, 0.3) is 11.6 Å². The molecule has 0 radical (unpaired) electrons. The van der Waals surface area contributed by atoms with Crippen LogP contribution in [0.4, 0.5) is 11.4 Å². The van der Waals surface area contributed by atoms with Gasteiger partial charge in [-0.2, -0.15) is 0 Å². The summed E-state index contributed by atoms with van der Waals surface area (Å²) in [6.07, 6.45) is 0. The number of hydrogen-bond donors (Lipinski definition) is 1. The van der Waals surface area contributed by atoms with Crippen LogP contribution in [0, 0.1) is 24.0 Å². The average Bonchev–Trinajstić information content (AvgIpc) is 2.67. The fraction of sp³-hybridized carbons (Fsp3) is 0.150. The van der Waals surface area contributed by atoms with Gasteiger partial charge in [-0.3, -0.25) is 19.9 Å². The summed E-state index contributed by atoms with van der Waals surface area (Å²) in [6.45, 7) is 2.71. The quantitative estimate of drug-likeness (QED) is 0.381. The number of fused-ring (bicyclic) bond motifs is 1. The molecule has 148 valence electrons. The van der Waals surface area contributed by atoms with E-state index in [-0.39, 0.29) is 16.9 Å². The number of carbonyl (C=O) groups is 2. The lowest BCUT2D eigenvalue weighted by Gasteiger charge is -2.09. The molecule has 0 spiro atoms. The highest BCUT2D eigenvalue weighted by Gasteiger charge is 2.16. The Bertz CT molecular complexity index is 1150. The molecule has 1 aromatic heterocycles. The van der Waals surface area contributed by atoms with Crippen LogP contribution in [0.5, 0.6) is 0 Å². The van der Waals surface area contributed by atoms with Crippen molar-refractivity contribution in [2.45, 2.75) is 13.8 Å². The number of nitro groups is 1. The van der Waals surface area contributed by atoms with Crippen molar-refractivity contribution in [1.82, 2.24) is 4.98 Å². The molecule has 29 heavy (non-hydrogen) atoms. The summed E-state index contributed by atoms with van der Waals surface area (Å²) in [6, 6.07) is 11.0. The van der Waals surface area contributed by atoms with E-state index in [1.807, 2.05) is 0 Å². The van der Waals surface area contributed by atoms with Crippen LogP contribution >= 0.6 is 11.6 Å². The van der Waals surface area contributed by atoms with E-state index in [0.29, 0.717) is 27.2 Å². The van der Waals surface area contributed by atoms with Crippen LogP contribution in [0.25, 0.3) is 10.9 Å². The van der Waals surface area contributed by atoms with E-state index in [9.17, 15) is 19.7 Å². The number of amides is 1. The standard InChI is InChI=1S/C20H16ClN3O5/c1-11-3-5-15(9-18(11)24(27)28)23-19(25)10-29-20(26)16-8-13-7-14(21)4-6-17(13)22-12(16)2/h3-9H,10H2,1-2H3,(H,23,25). The number of aryl methyl sites for hydroxylation is 2. The molecule has 3 rings (SSSR count). The number of nitrogens with zero attached hydrogens (tertiary/aromatic N) is 2. The predicted molar refractivity (Wildman–Crippen MR) is 108 cm³/mol. The number of anilines is 1. The van der Waals surface area contributed by atoms with E-state index < -0.39 is 23.4 Å². The fourth-order valence-electron chi connectivity index (χ4n) is 2.74. The number of nitrogens with one attached hydrogen (secondary N) is 1. The summed E-state index contributed by atoms with van der Waals surface area (Å²) >= 11 is 5.97. The number of aromatic nitrogens is 1. The number of benzene rings is 2. The molecule has 1 N–H and O–H groups in total. The second-order valence-corrected chi connectivity index (χ2v) is 6.78. The Balaban J connectivity index is 1.68. The predicted octanol–water partition coefficient (Wildman–Crippen LogP) is 4.21. The van der Waals surface area contributed by atoms with Gasteiger partial charge in [-0.05, 0) is 44.2 Å². The molecular weight excluding hydrogens is 398 g/mol. The Labute approximate surface area is 170 Å². The molecule has 0 bridgehead atoms. The molecule has 0 fully saturated rings. The third kappa shape index (κ3) is 4.67. The van der Waals surface area contributed by atoms with Crippen LogP contribution in [0.2, 0.25) is 5.02 Å². The number of nitro benzene ring substituents is 1. The van der Waals surface area contributed by atoms with Gasteiger partial charge in [0, 0.05) is 27.7 Å². The molecule has 1 heterocycles. The van der Waals surface area contributed by atoms with Gasteiger partial charge in [0.15, 0.2) is 6.61 Å². The van der Waals surface area contributed by atoms with E-state index in [1.54, 1.807) is 38.1 Å². The van der Waals surface area contributed by atoms with E-state index in [2.05, 4.69) is 10.3 Å². The zero-order valence-corrected chi connectivity index (χ0v) is 16.3. The normalized spacial score (nSPS) is 10.6. The lowest BCUT2D eigenvalue weighted by atomic mass is 10.1. The third-order valence-corrected chi connectivity index (χ3v) is 4.45. The van der Waals surface area contributed by atoms with E-state index in [1.165, 1.54) is 18.2 Å². The van der Waals surface area contributed by atoms with E-state index in [4.69, 9.17) is 16.3 Å². The molecule has 0 saturated carbocycles. The van der Waals surface area contributed by atoms with Gasteiger partial charge in [0.1, 0.15) is 0 Å². The van der Waals surface area contributed by atoms with Gasteiger partial charge < -0.3 is 10.1 Å². The highest BCUT2D eigenvalue weighted by molar-refractivity contribution is 6.31. The number of rotatable bonds is 5. The SMILES string of the molecule is Cc1ccc(NC(=O)COC(=O)c2cc3cc(Cl)ccc3nc2C)cc1[N+](=O)[O-]. The molecule has 8 nitrogen and oxygen atoms in total. The maximum atomic E-state index is 12.4. The largest absolute Gasteiger partial charge is 0.452 e. The Kier molecular flexibility index (Phi) is 5.74. The number of esters is 1. The first-order valence-electron chi connectivity index (χ1n) is 8.53. The monoisotopic (exact) mass is 413 g/mol. The first kappa shape index (κ1) is 20.2. The van der Waals surface area contributed by atoms with Gasteiger partial charge in [-0.1, -0.05) is 17.7 Å². The molecule has 3 aromatic rings. The van der Waals surface area contributed by atoms with E-state index in [0.717, 1.165) is 0 Å². The number of halogens is 1. The molecular formula is C20H16ClN3O5. The first-order valence-corrected chi connectivity index (χ1v) is 8.91. The second kappa shape index (κ2) is 8.24. The summed E-state index contributed by atoms with van der Waals surface area (Å²) in [5, 5.41) is 14.6. The van der Waals surface area contributed by atoms with Crippen molar-refractivity contribution in [3.05, 3.63) is 74.4 Å². The lowest BCUT2D eigenvalue weighted by molar-refractivity contribution is -0.385. The molecule has 0 aliphatic carbocycles. The molecule has 2 aromatic carbocycles. The van der Waals surface area contributed by atoms with Crippen LogP contribution in [0.1, 0.15) is 21.6 Å². The molecule has 0 unspecified atom stereocenters. The number of pyridine rings is 1. The van der Waals surface area contributed by atoms with Gasteiger partial charge in [-0.25, -0.2) is 4.79 Å². The minimum atomic E-state index is -0.707. The van der Waals surface area contributed by atoms with Crippen molar-refractivity contribution in [2.75, 3.05) is 11.9 Å². The van der Waals surface area contributed by atoms with Crippen molar-refractivity contribution in [3.63, 3.8) is 0 Å². The number of hydrogen-bond acceptors (Lipinski definition) is 6. The van der Waals surface area contributed by atoms with Crippen molar-refractivity contribution in [2.24, 2.45) is 0 Å². The van der Waals surface area contributed by atoms with Crippen molar-refractivity contribution in [1.29, 1.82) is 0 Å². The zero-order valence-electron chi connectivity index (χ0n) is 15.6. The second-order valence-electron chi connectivity index (χ2n) is 6.34. The Hall–Kier alpha value is -3.52. The van der Waals surface area contributed by atoms with Gasteiger partial charge >= 0.3 is 5.97 Å². The number of ether oxygens (including phenoxy) is 1. The Morgan fingerprint density at radius 2 is 1.93 bits per heavy atom. The minimum absolute atomic E-state index is 0.115. The summed E-state index contributed by atoms with van der Waals surface area (Å²) in [4.78, 5) is 39.2. The Morgan fingerprint density at radius 1 is 1.17 bits per heavy atom. The van der Waals surface area contributed by atoms with Crippen LogP contribution in [0.15, 0.2) is 42.5 Å². The van der Waals surface area contributed by atoms with Crippen molar-refractivity contribution >= 4 is 45.8 Å². The van der Waals surface area contributed by atoms with Crippen LogP contribution in [-0.4, -0.2) is 28.4 Å². The highest BCUT2D eigenvalue weighted by Crippen LogP contribution is 2.23. The summed E-state index contributed by atoms with van der Waals surface area (Å²) in [5.74, 6) is -1.33. The lowest BCUT2D eigenvalue weighted by Crippen LogP contribution is -2.21. The van der Waals surface area contributed by atoms with Gasteiger partial charge in [-0.15, -0.1) is 0 Å². The first-order chi connectivity index (χ1) is 13.7. The topological polar surface area (TPSA) is 111 Å². The molecule has 9 heteroatoms. The van der Waals surface area contributed by atoms with Crippen LogP contribution in [-0.2, 0) is 9.53 Å². The molecule has 0 saturated heterocycles. The summed E-state index contributed by atoms with van der Waals surface area (Å²) in [5.41, 5.74) is 1.96. The third-order valence-electron chi connectivity index (χ3n) is 4.21. The molecule has 0 aliphatic heterocycles. The number of carbonyl (C=O) groups excluding carboxylic acids is 2. The molecule has 0 aliphatic rings. The highest BCUT2D eigenvalue weighted by atomic mass is 35.5. The molecule has 1 amide bonds. The molecule has 0 atom stereocenters. The summed E-state index contributed by atoms with van der Waals surface area (Å²) in [7, 11) is 0. The van der Waals surface area contributed by atoms with E-state index >= 15 is 0 Å². The Morgan fingerprint density at radius 3 is 2.66 bits per heavy atom. The van der Waals surface area contributed by atoms with Crippen LogP contribution < -0.4 is 5.32 Å². The zero-order chi connectivity index (χ0) is 21.1.